The highest BCUT2D eigenvalue weighted by molar-refractivity contribution is 6.30. The molecule has 0 saturated carbocycles. The van der Waals surface area contributed by atoms with Gasteiger partial charge in [0, 0.05) is 38.8 Å². The second-order valence-electron chi connectivity index (χ2n) is 5.55. The summed E-state index contributed by atoms with van der Waals surface area (Å²) in [7, 11) is 1.87. The van der Waals surface area contributed by atoms with Gasteiger partial charge in [0.05, 0.1) is 12.3 Å². The Balaban J connectivity index is 1.73. The zero-order valence-electron chi connectivity index (χ0n) is 13.2. The molecule has 0 radical (unpaired) electrons. The van der Waals surface area contributed by atoms with E-state index in [1.165, 1.54) is 0 Å². The fourth-order valence-electron chi connectivity index (χ4n) is 2.84. The van der Waals surface area contributed by atoms with Crippen LogP contribution in [-0.4, -0.2) is 49.1 Å². The largest absolute Gasteiger partial charge is 0.368 e. The molecule has 7 nitrogen and oxygen atoms in total. The maximum absolute atomic E-state index is 6.33. The van der Waals surface area contributed by atoms with Crippen LogP contribution in [0.3, 0.4) is 0 Å². The smallest absolute Gasteiger partial charge is 0.163 e. The standard InChI is InChI=1S/C14H21ClN6O/c1-4-21-9-16-17-14(21)12-8-20(5-6-22-12)7-11-10(2)18-19(3)13(11)15/h9,12H,4-8H2,1-3H3/t12-/m0/s1. The van der Waals surface area contributed by atoms with Gasteiger partial charge in [-0.25, -0.2) is 0 Å². The first kappa shape index (κ1) is 15.5. The molecule has 0 aromatic carbocycles. The van der Waals surface area contributed by atoms with Gasteiger partial charge in [0.1, 0.15) is 17.6 Å². The summed E-state index contributed by atoms with van der Waals surface area (Å²) in [6.07, 6.45) is 1.70. The van der Waals surface area contributed by atoms with Crippen molar-refractivity contribution in [1.29, 1.82) is 0 Å². The Morgan fingerprint density at radius 2 is 2.27 bits per heavy atom. The van der Waals surface area contributed by atoms with E-state index in [-0.39, 0.29) is 6.10 Å². The highest BCUT2D eigenvalue weighted by Gasteiger charge is 2.27. The van der Waals surface area contributed by atoms with E-state index in [2.05, 4.69) is 27.1 Å². The maximum atomic E-state index is 6.33. The van der Waals surface area contributed by atoms with Gasteiger partial charge < -0.3 is 9.30 Å². The van der Waals surface area contributed by atoms with Gasteiger partial charge >= 0.3 is 0 Å². The molecule has 1 atom stereocenters. The average molecular weight is 325 g/mol. The summed E-state index contributed by atoms with van der Waals surface area (Å²) in [5.74, 6) is 0.890. The molecule has 22 heavy (non-hydrogen) atoms. The lowest BCUT2D eigenvalue weighted by Crippen LogP contribution is -2.38. The van der Waals surface area contributed by atoms with Gasteiger partial charge in [0.25, 0.3) is 0 Å². The van der Waals surface area contributed by atoms with Gasteiger partial charge in [-0.1, -0.05) is 11.6 Å². The van der Waals surface area contributed by atoms with E-state index < -0.39 is 0 Å². The normalized spacial score (nSPS) is 19.7. The molecule has 2 aromatic rings. The molecule has 0 amide bonds. The molecule has 1 fully saturated rings. The lowest BCUT2D eigenvalue weighted by Gasteiger charge is -2.32. The van der Waals surface area contributed by atoms with Crippen molar-refractivity contribution >= 4 is 11.6 Å². The minimum atomic E-state index is -0.0491. The predicted octanol–water partition coefficient (Wildman–Crippen LogP) is 1.57. The molecule has 3 heterocycles. The Kier molecular flexibility index (Phi) is 4.46. The topological polar surface area (TPSA) is 61.0 Å². The lowest BCUT2D eigenvalue weighted by atomic mass is 10.2. The van der Waals surface area contributed by atoms with Crippen LogP contribution in [0.1, 0.15) is 30.1 Å². The van der Waals surface area contributed by atoms with Crippen LogP contribution in [0.5, 0.6) is 0 Å². The van der Waals surface area contributed by atoms with Crippen molar-refractivity contribution in [2.45, 2.75) is 33.0 Å². The van der Waals surface area contributed by atoms with Crippen LogP contribution in [0.4, 0.5) is 0 Å². The summed E-state index contributed by atoms with van der Waals surface area (Å²) in [6.45, 7) is 8.02. The number of halogens is 1. The molecule has 0 unspecified atom stereocenters. The van der Waals surface area contributed by atoms with Crippen molar-refractivity contribution in [3.05, 3.63) is 28.6 Å². The summed E-state index contributed by atoms with van der Waals surface area (Å²) in [6, 6.07) is 0. The van der Waals surface area contributed by atoms with E-state index in [9.17, 15) is 0 Å². The minimum Gasteiger partial charge on any atom is -0.368 e. The molecule has 120 valence electrons. The van der Waals surface area contributed by atoms with Gasteiger partial charge in [-0.15, -0.1) is 10.2 Å². The molecular formula is C14H21ClN6O. The van der Waals surface area contributed by atoms with Crippen LogP contribution in [-0.2, 0) is 24.9 Å². The average Bonchev–Trinajstić information content (AvgIpc) is 3.08. The zero-order valence-corrected chi connectivity index (χ0v) is 13.9. The Morgan fingerprint density at radius 3 is 2.95 bits per heavy atom. The molecule has 1 saturated heterocycles. The second kappa shape index (κ2) is 6.36. The quantitative estimate of drug-likeness (QED) is 0.854. The van der Waals surface area contributed by atoms with Crippen molar-refractivity contribution in [3.8, 4) is 0 Å². The van der Waals surface area contributed by atoms with Crippen molar-refractivity contribution in [1.82, 2.24) is 29.4 Å². The number of morpholine rings is 1. The summed E-state index contributed by atoms with van der Waals surface area (Å²) in [5, 5.41) is 13.3. The second-order valence-corrected chi connectivity index (χ2v) is 5.91. The van der Waals surface area contributed by atoms with Crippen LogP contribution < -0.4 is 0 Å². The van der Waals surface area contributed by atoms with Crippen molar-refractivity contribution < 1.29 is 4.74 Å². The SMILES string of the molecule is CCn1cnnc1[C@@H]1CN(Cc2c(C)nn(C)c2Cl)CCO1. The summed E-state index contributed by atoms with van der Waals surface area (Å²) < 4.78 is 9.62. The molecule has 1 aliphatic rings. The monoisotopic (exact) mass is 324 g/mol. The Hall–Kier alpha value is -1.44. The summed E-state index contributed by atoms with van der Waals surface area (Å²) in [5.41, 5.74) is 2.06. The summed E-state index contributed by atoms with van der Waals surface area (Å²) in [4.78, 5) is 2.33. The molecule has 2 aromatic heterocycles. The molecule has 0 aliphatic carbocycles. The molecule has 0 spiro atoms. The number of rotatable bonds is 4. The highest BCUT2D eigenvalue weighted by Crippen LogP contribution is 2.25. The van der Waals surface area contributed by atoms with E-state index >= 15 is 0 Å². The lowest BCUT2D eigenvalue weighted by molar-refractivity contribution is -0.0389. The Morgan fingerprint density at radius 1 is 1.45 bits per heavy atom. The van der Waals surface area contributed by atoms with Crippen LogP contribution in [0.15, 0.2) is 6.33 Å². The predicted molar refractivity (Wildman–Crippen MR) is 82.6 cm³/mol. The van der Waals surface area contributed by atoms with Gasteiger partial charge in [-0.05, 0) is 13.8 Å². The number of aromatic nitrogens is 5. The minimum absolute atomic E-state index is 0.0491. The Labute approximate surface area is 134 Å². The van der Waals surface area contributed by atoms with E-state index in [1.807, 2.05) is 18.5 Å². The van der Waals surface area contributed by atoms with Crippen LogP contribution in [0.25, 0.3) is 0 Å². The number of ether oxygens (including phenoxy) is 1. The molecule has 1 aliphatic heterocycles. The molecular weight excluding hydrogens is 304 g/mol. The number of aryl methyl sites for hydroxylation is 3. The van der Waals surface area contributed by atoms with Crippen molar-refractivity contribution in [3.63, 3.8) is 0 Å². The number of hydrogen-bond donors (Lipinski definition) is 0. The number of hydrogen-bond acceptors (Lipinski definition) is 5. The van der Waals surface area contributed by atoms with Crippen LogP contribution >= 0.6 is 11.6 Å². The van der Waals surface area contributed by atoms with Crippen molar-refractivity contribution in [2.75, 3.05) is 19.7 Å². The van der Waals surface area contributed by atoms with E-state index in [0.717, 1.165) is 43.3 Å². The third kappa shape index (κ3) is 2.88. The highest BCUT2D eigenvalue weighted by atomic mass is 35.5. The first-order chi connectivity index (χ1) is 10.6. The summed E-state index contributed by atoms with van der Waals surface area (Å²) >= 11 is 6.33. The molecule has 3 rings (SSSR count). The Bertz CT molecular complexity index is 652. The van der Waals surface area contributed by atoms with Gasteiger partial charge in [0.15, 0.2) is 5.82 Å². The van der Waals surface area contributed by atoms with E-state index in [1.54, 1.807) is 11.0 Å². The fraction of sp³-hybridized carbons (Fsp3) is 0.643. The first-order valence-corrected chi connectivity index (χ1v) is 7.87. The third-order valence-corrected chi connectivity index (χ3v) is 4.55. The molecule has 0 N–H and O–H groups in total. The zero-order chi connectivity index (χ0) is 15.7. The van der Waals surface area contributed by atoms with Gasteiger partial charge in [0.2, 0.25) is 0 Å². The maximum Gasteiger partial charge on any atom is 0.163 e. The van der Waals surface area contributed by atoms with Crippen LogP contribution in [0, 0.1) is 6.92 Å². The van der Waals surface area contributed by atoms with Crippen molar-refractivity contribution in [2.24, 2.45) is 7.05 Å². The molecule has 0 bridgehead atoms. The third-order valence-electron chi connectivity index (χ3n) is 4.08. The first-order valence-electron chi connectivity index (χ1n) is 7.49. The van der Waals surface area contributed by atoms with Gasteiger partial charge in [-0.3, -0.25) is 9.58 Å². The fourth-order valence-corrected chi connectivity index (χ4v) is 3.07. The van der Waals surface area contributed by atoms with E-state index in [0.29, 0.717) is 11.8 Å². The van der Waals surface area contributed by atoms with Gasteiger partial charge in [-0.2, -0.15) is 5.10 Å². The van der Waals surface area contributed by atoms with E-state index in [4.69, 9.17) is 16.3 Å². The van der Waals surface area contributed by atoms with Crippen LogP contribution in [0.2, 0.25) is 5.15 Å². The number of nitrogens with zero attached hydrogens (tertiary/aromatic N) is 6. The molecule has 8 heteroatoms.